The van der Waals surface area contributed by atoms with E-state index >= 15 is 0 Å². The fraction of sp³-hybridized carbons (Fsp3) is 0.889. The molecular formula is C9H18N2O2. The van der Waals surface area contributed by atoms with E-state index < -0.39 is 5.97 Å². The Balaban J connectivity index is 2.18. The highest BCUT2D eigenvalue weighted by Crippen LogP contribution is 2.09. The molecule has 0 bridgehead atoms. The number of nitrogens with one attached hydrogen (secondary N) is 1. The van der Waals surface area contributed by atoms with Gasteiger partial charge in [0.15, 0.2) is 0 Å². The second kappa shape index (κ2) is 5.19. The smallest absolute Gasteiger partial charge is 0.317 e. The third-order valence-corrected chi connectivity index (χ3v) is 2.44. The Morgan fingerprint density at radius 3 is 2.62 bits per heavy atom. The van der Waals surface area contributed by atoms with Gasteiger partial charge in [-0.25, -0.2) is 0 Å². The van der Waals surface area contributed by atoms with Crippen molar-refractivity contribution in [1.29, 1.82) is 0 Å². The van der Waals surface area contributed by atoms with Gasteiger partial charge >= 0.3 is 5.97 Å². The van der Waals surface area contributed by atoms with Crippen molar-refractivity contribution in [3.05, 3.63) is 0 Å². The van der Waals surface area contributed by atoms with Gasteiger partial charge in [-0.15, -0.1) is 0 Å². The van der Waals surface area contributed by atoms with Gasteiger partial charge in [0.2, 0.25) is 0 Å². The van der Waals surface area contributed by atoms with Crippen molar-refractivity contribution in [3.63, 3.8) is 0 Å². The van der Waals surface area contributed by atoms with Crippen molar-refractivity contribution in [1.82, 2.24) is 10.2 Å². The molecule has 0 atom stereocenters. The van der Waals surface area contributed by atoms with Gasteiger partial charge in [-0.3, -0.25) is 9.69 Å². The van der Waals surface area contributed by atoms with E-state index in [0.717, 1.165) is 32.5 Å². The first-order valence-corrected chi connectivity index (χ1v) is 4.90. The van der Waals surface area contributed by atoms with Crippen molar-refractivity contribution >= 4 is 5.97 Å². The number of carbonyl (C=O) groups is 1. The molecule has 0 spiro atoms. The Kier molecular flexibility index (Phi) is 4.18. The van der Waals surface area contributed by atoms with Crippen molar-refractivity contribution in [3.8, 4) is 0 Å². The van der Waals surface area contributed by atoms with E-state index in [-0.39, 0.29) is 6.54 Å². The molecule has 1 aliphatic rings. The predicted molar refractivity (Wildman–Crippen MR) is 50.8 cm³/mol. The molecular weight excluding hydrogens is 168 g/mol. The molecule has 1 heterocycles. The highest BCUT2D eigenvalue weighted by atomic mass is 16.4. The summed E-state index contributed by atoms with van der Waals surface area (Å²) in [4.78, 5) is 12.4. The van der Waals surface area contributed by atoms with Crippen LogP contribution in [0.15, 0.2) is 0 Å². The van der Waals surface area contributed by atoms with Crippen LogP contribution in [-0.2, 0) is 4.79 Å². The van der Waals surface area contributed by atoms with Crippen molar-refractivity contribution in [2.24, 2.45) is 0 Å². The van der Waals surface area contributed by atoms with Crippen LogP contribution in [0, 0.1) is 0 Å². The standard InChI is InChI=1S/C9H18N2O2/c1-2-10-8-3-5-11(6-4-8)7-9(12)13/h8,10H,2-7H2,1H3,(H,12,13). The number of hydrogen-bond donors (Lipinski definition) is 2. The average Bonchev–Trinajstić information content (AvgIpc) is 2.08. The molecule has 0 aromatic carbocycles. The Hall–Kier alpha value is -0.610. The van der Waals surface area contributed by atoms with Crippen LogP contribution in [0.3, 0.4) is 0 Å². The zero-order valence-electron chi connectivity index (χ0n) is 8.12. The lowest BCUT2D eigenvalue weighted by molar-refractivity contribution is -0.138. The molecule has 76 valence electrons. The minimum atomic E-state index is -0.720. The molecule has 0 unspecified atom stereocenters. The lowest BCUT2D eigenvalue weighted by atomic mass is 10.1. The number of aliphatic carboxylic acids is 1. The predicted octanol–water partition coefficient (Wildman–Crippen LogP) is 0.145. The maximum absolute atomic E-state index is 10.4. The number of hydrogen-bond acceptors (Lipinski definition) is 3. The first kappa shape index (κ1) is 10.5. The number of rotatable bonds is 4. The van der Waals surface area contributed by atoms with E-state index in [0.29, 0.717) is 6.04 Å². The highest BCUT2D eigenvalue weighted by molar-refractivity contribution is 5.69. The van der Waals surface area contributed by atoms with E-state index in [2.05, 4.69) is 12.2 Å². The summed E-state index contributed by atoms with van der Waals surface area (Å²) in [5.74, 6) is -0.720. The van der Waals surface area contributed by atoms with Crippen LogP contribution >= 0.6 is 0 Å². The SMILES string of the molecule is CCNC1CCN(CC(=O)O)CC1. The minimum absolute atomic E-state index is 0.193. The Bertz CT molecular complexity index is 165. The van der Waals surface area contributed by atoms with E-state index in [1.807, 2.05) is 4.90 Å². The molecule has 2 N–H and O–H groups in total. The molecule has 0 amide bonds. The molecule has 0 aliphatic carbocycles. The van der Waals surface area contributed by atoms with Crippen molar-refractivity contribution in [2.75, 3.05) is 26.2 Å². The maximum atomic E-state index is 10.4. The summed E-state index contributed by atoms with van der Waals surface area (Å²) in [5.41, 5.74) is 0. The van der Waals surface area contributed by atoms with Gasteiger partial charge in [0.1, 0.15) is 0 Å². The molecule has 4 heteroatoms. The summed E-state index contributed by atoms with van der Waals surface area (Å²) < 4.78 is 0. The van der Waals surface area contributed by atoms with Crippen molar-refractivity contribution < 1.29 is 9.90 Å². The largest absolute Gasteiger partial charge is 0.480 e. The lowest BCUT2D eigenvalue weighted by Gasteiger charge is -2.30. The highest BCUT2D eigenvalue weighted by Gasteiger charge is 2.19. The fourth-order valence-corrected chi connectivity index (χ4v) is 1.78. The second-order valence-corrected chi connectivity index (χ2v) is 3.50. The Labute approximate surface area is 78.9 Å². The van der Waals surface area contributed by atoms with E-state index in [1.54, 1.807) is 0 Å². The quantitative estimate of drug-likeness (QED) is 0.656. The maximum Gasteiger partial charge on any atom is 0.317 e. The second-order valence-electron chi connectivity index (χ2n) is 3.50. The van der Waals surface area contributed by atoms with Gasteiger partial charge in [-0.1, -0.05) is 6.92 Å². The average molecular weight is 186 g/mol. The van der Waals surface area contributed by atoms with E-state index in [4.69, 9.17) is 5.11 Å². The first-order valence-electron chi connectivity index (χ1n) is 4.90. The van der Waals surface area contributed by atoms with Gasteiger partial charge in [0.05, 0.1) is 6.54 Å². The lowest BCUT2D eigenvalue weighted by Crippen LogP contribution is -2.44. The van der Waals surface area contributed by atoms with Crippen LogP contribution in [0.25, 0.3) is 0 Å². The number of carboxylic acids is 1. The van der Waals surface area contributed by atoms with Gasteiger partial charge < -0.3 is 10.4 Å². The molecule has 1 aliphatic heterocycles. The van der Waals surface area contributed by atoms with E-state index in [1.165, 1.54) is 0 Å². The number of likely N-dealkylation sites (tertiary alicyclic amines) is 1. The number of carboxylic acid groups (broad SMARTS) is 1. The summed E-state index contributed by atoms with van der Waals surface area (Å²) in [5, 5.41) is 12.0. The van der Waals surface area contributed by atoms with Gasteiger partial charge in [-0.05, 0) is 19.4 Å². The Morgan fingerprint density at radius 2 is 2.15 bits per heavy atom. The van der Waals surface area contributed by atoms with Gasteiger partial charge in [0, 0.05) is 19.1 Å². The molecule has 0 saturated carbocycles. The normalized spacial score (nSPS) is 20.4. The number of nitrogens with zero attached hydrogens (tertiary/aromatic N) is 1. The molecule has 0 aromatic rings. The van der Waals surface area contributed by atoms with Crippen LogP contribution in [0.1, 0.15) is 19.8 Å². The van der Waals surface area contributed by atoms with Crippen LogP contribution in [0.5, 0.6) is 0 Å². The molecule has 0 aromatic heterocycles. The molecule has 13 heavy (non-hydrogen) atoms. The van der Waals surface area contributed by atoms with Gasteiger partial charge in [0.25, 0.3) is 0 Å². The zero-order valence-corrected chi connectivity index (χ0v) is 8.12. The van der Waals surface area contributed by atoms with E-state index in [9.17, 15) is 4.79 Å². The minimum Gasteiger partial charge on any atom is -0.480 e. The third kappa shape index (κ3) is 3.74. The number of piperidine rings is 1. The molecule has 0 radical (unpaired) electrons. The van der Waals surface area contributed by atoms with Gasteiger partial charge in [-0.2, -0.15) is 0 Å². The van der Waals surface area contributed by atoms with Crippen LogP contribution < -0.4 is 5.32 Å². The van der Waals surface area contributed by atoms with Crippen molar-refractivity contribution in [2.45, 2.75) is 25.8 Å². The monoisotopic (exact) mass is 186 g/mol. The summed E-state index contributed by atoms with van der Waals surface area (Å²) >= 11 is 0. The topological polar surface area (TPSA) is 52.6 Å². The Morgan fingerprint density at radius 1 is 1.54 bits per heavy atom. The summed E-state index contributed by atoms with van der Waals surface area (Å²) in [6.45, 7) is 5.11. The summed E-state index contributed by atoms with van der Waals surface area (Å²) in [6, 6.07) is 0.593. The van der Waals surface area contributed by atoms with Crippen LogP contribution in [-0.4, -0.2) is 48.2 Å². The third-order valence-electron chi connectivity index (χ3n) is 2.44. The first-order chi connectivity index (χ1) is 6.22. The zero-order chi connectivity index (χ0) is 9.68. The van der Waals surface area contributed by atoms with Crippen LogP contribution in [0.2, 0.25) is 0 Å². The fourth-order valence-electron chi connectivity index (χ4n) is 1.78. The summed E-state index contributed by atoms with van der Waals surface area (Å²) in [6.07, 6.45) is 2.14. The summed E-state index contributed by atoms with van der Waals surface area (Å²) in [7, 11) is 0. The molecule has 4 nitrogen and oxygen atoms in total. The molecule has 1 saturated heterocycles. The molecule has 1 fully saturated rings. The molecule has 1 rings (SSSR count). The van der Waals surface area contributed by atoms with Crippen LogP contribution in [0.4, 0.5) is 0 Å².